The Balaban J connectivity index is 1.93. The Morgan fingerprint density at radius 2 is 1.77 bits per heavy atom. The molecular weight excluding hydrogens is 338 g/mol. The van der Waals surface area contributed by atoms with Crippen LogP contribution >= 0.6 is 0 Å². The van der Waals surface area contributed by atoms with E-state index in [0.29, 0.717) is 25.3 Å². The van der Waals surface area contributed by atoms with Gasteiger partial charge in [-0.15, -0.1) is 0 Å². The molecule has 8 nitrogen and oxygen atoms in total. The molecule has 0 aromatic heterocycles. The molecule has 142 valence electrons. The fraction of sp³-hybridized carbons (Fsp3) is 0.500. The largest absolute Gasteiger partial charge is 0.478 e. The molecule has 1 aromatic rings. The number of amides is 3. The van der Waals surface area contributed by atoms with Crippen LogP contribution in [0.3, 0.4) is 0 Å². The van der Waals surface area contributed by atoms with Crippen molar-refractivity contribution in [1.29, 1.82) is 0 Å². The Morgan fingerprint density at radius 3 is 2.27 bits per heavy atom. The molecule has 1 fully saturated rings. The number of ether oxygens (including phenoxy) is 1. The third-order valence-corrected chi connectivity index (χ3v) is 3.92. The molecule has 3 amide bonds. The quantitative estimate of drug-likeness (QED) is 0.842. The number of benzene rings is 1. The van der Waals surface area contributed by atoms with Gasteiger partial charge in [0.25, 0.3) is 0 Å². The number of hydrogen-bond donors (Lipinski definition) is 2. The van der Waals surface area contributed by atoms with Gasteiger partial charge in [-0.1, -0.05) is 0 Å². The van der Waals surface area contributed by atoms with Crippen LogP contribution in [0.25, 0.3) is 0 Å². The number of carboxylic acid groups (broad SMARTS) is 1. The summed E-state index contributed by atoms with van der Waals surface area (Å²) in [6, 6.07) is 5.49. The lowest BCUT2D eigenvalue weighted by molar-refractivity contribution is 0.0112. The van der Waals surface area contributed by atoms with Gasteiger partial charge in [-0.05, 0) is 52.0 Å². The molecule has 1 aromatic carbocycles. The Kier molecular flexibility index (Phi) is 5.74. The second-order valence-corrected chi connectivity index (χ2v) is 7.28. The summed E-state index contributed by atoms with van der Waals surface area (Å²) in [6.07, 6.45) is -0.381. The van der Waals surface area contributed by atoms with E-state index in [1.807, 2.05) is 27.7 Å². The number of carboxylic acids is 1. The van der Waals surface area contributed by atoms with E-state index in [1.165, 1.54) is 12.1 Å². The van der Waals surface area contributed by atoms with E-state index in [2.05, 4.69) is 5.32 Å². The number of nitrogens with one attached hydrogen (secondary N) is 1. The molecule has 1 atom stereocenters. The van der Waals surface area contributed by atoms with E-state index < -0.39 is 11.6 Å². The first kappa shape index (κ1) is 19.6. The molecule has 0 aliphatic carbocycles. The van der Waals surface area contributed by atoms with E-state index >= 15 is 0 Å². The topological polar surface area (TPSA) is 99.2 Å². The van der Waals surface area contributed by atoms with Crippen molar-refractivity contribution >= 4 is 23.8 Å². The van der Waals surface area contributed by atoms with Crippen molar-refractivity contribution in [3.05, 3.63) is 29.8 Å². The summed E-state index contributed by atoms with van der Waals surface area (Å²) in [5, 5.41) is 11.6. The second-order valence-electron chi connectivity index (χ2n) is 7.28. The van der Waals surface area contributed by atoms with Crippen molar-refractivity contribution < 1.29 is 24.2 Å². The van der Waals surface area contributed by atoms with Crippen LogP contribution in [0, 0.1) is 0 Å². The lowest BCUT2D eigenvalue weighted by Crippen LogP contribution is -2.57. The van der Waals surface area contributed by atoms with Gasteiger partial charge >= 0.3 is 18.1 Å². The molecule has 1 heterocycles. The maximum absolute atomic E-state index is 12.5. The molecule has 2 N–H and O–H groups in total. The van der Waals surface area contributed by atoms with Crippen LogP contribution in [0.4, 0.5) is 15.3 Å². The maximum atomic E-state index is 12.5. The van der Waals surface area contributed by atoms with E-state index in [4.69, 9.17) is 9.84 Å². The van der Waals surface area contributed by atoms with Crippen LogP contribution in [0.2, 0.25) is 0 Å². The summed E-state index contributed by atoms with van der Waals surface area (Å²) < 4.78 is 5.37. The number of hydrogen-bond acceptors (Lipinski definition) is 4. The molecule has 2 rings (SSSR count). The number of urea groups is 1. The van der Waals surface area contributed by atoms with Crippen LogP contribution in [0.5, 0.6) is 0 Å². The first-order valence-electron chi connectivity index (χ1n) is 8.46. The van der Waals surface area contributed by atoms with E-state index in [9.17, 15) is 14.4 Å². The molecule has 1 unspecified atom stereocenters. The third kappa shape index (κ3) is 5.11. The van der Waals surface area contributed by atoms with Gasteiger partial charge in [0.2, 0.25) is 0 Å². The number of anilines is 1. The molecule has 0 radical (unpaired) electrons. The number of aromatic carboxylic acids is 1. The molecule has 1 aliphatic rings. The Labute approximate surface area is 152 Å². The summed E-state index contributed by atoms with van der Waals surface area (Å²) in [6.45, 7) is 8.48. The predicted molar refractivity (Wildman–Crippen MR) is 96.4 cm³/mol. The average Bonchev–Trinajstić information content (AvgIpc) is 2.53. The van der Waals surface area contributed by atoms with Crippen molar-refractivity contribution in [3.63, 3.8) is 0 Å². The Hall–Kier alpha value is -2.77. The van der Waals surface area contributed by atoms with Gasteiger partial charge in [0.15, 0.2) is 0 Å². The summed E-state index contributed by atoms with van der Waals surface area (Å²) in [7, 11) is 0. The van der Waals surface area contributed by atoms with Crippen LogP contribution in [-0.2, 0) is 4.74 Å². The van der Waals surface area contributed by atoms with Crippen LogP contribution in [0.1, 0.15) is 38.1 Å². The maximum Gasteiger partial charge on any atom is 0.410 e. The van der Waals surface area contributed by atoms with Gasteiger partial charge in [0.1, 0.15) is 5.60 Å². The molecule has 0 bridgehead atoms. The summed E-state index contributed by atoms with van der Waals surface area (Å²) >= 11 is 0. The second kappa shape index (κ2) is 7.63. The smallest absolute Gasteiger partial charge is 0.410 e. The molecule has 8 heteroatoms. The highest BCUT2D eigenvalue weighted by molar-refractivity contribution is 5.91. The standard InChI is InChI=1S/C18H25N3O5/c1-12-11-20(17(25)26-18(2,3)4)9-10-21(12)16(24)19-14-7-5-13(6-8-14)15(22)23/h5-8,12H,9-11H2,1-4H3,(H,19,24)(H,22,23). The number of rotatable bonds is 2. The van der Waals surface area contributed by atoms with Gasteiger partial charge in [0, 0.05) is 31.4 Å². The zero-order valence-corrected chi connectivity index (χ0v) is 15.5. The molecule has 1 saturated heterocycles. The van der Waals surface area contributed by atoms with E-state index in [-0.39, 0.29) is 23.7 Å². The molecule has 0 saturated carbocycles. The van der Waals surface area contributed by atoms with Gasteiger partial charge < -0.3 is 25.0 Å². The fourth-order valence-electron chi connectivity index (χ4n) is 2.64. The van der Waals surface area contributed by atoms with Crippen LogP contribution < -0.4 is 5.32 Å². The number of carbonyl (C=O) groups excluding carboxylic acids is 2. The van der Waals surface area contributed by atoms with Crippen molar-refractivity contribution in [2.24, 2.45) is 0 Å². The van der Waals surface area contributed by atoms with Gasteiger partial charge in [0.05, 0.1) is 5.56 Å². The number of piperazine rings is 1. The van der Waals surface area contributed by atoms with Crippen molar-refractivity contribution in [2.45, 2.75) is 39.3 Å². The van der Waals surface area contributed by atoms with Crippen molar-refractivity contribution in [2.75, 3.05) is 25.0 Å². The number of carbonyl (C=O) groups is 3. The fourth-order valence-corrected chi connectivity index (χ4v) is 2.64. The normalized spacial score (nSPS) is 17.6. The lowest BCUT2D eigenvalue weighted by Gasteiger charge is -2.40. The van der Waals surface area contributed by atoms with Crippen molar-refractivity contribution in [1.82, 2.24) is 9.80 Å². The minimum Gasteiger partial charge on any atom is -0.478 e. The highest BCUT2D eigenvalue weighted by Crippen LogP contribution is 2.17. The number of nitrogens with zero attached hydrogens (tertiary/aromatic N) is 2. The Bertz CT molecular complexity index is 681. The van der Waals surface area contributed by atoms with Gasteiger partial charge in [-0.25, -0.2) is 14.4 Å². The SMILES string of the molecule is CC1CN(C(=O)OC(C)(C)C)CCN1C(=O)Nc1ccc(C(=O)O)cc1. The highest BCUT2D eigenvalue weighted by atomic mass is 16.6. The molecule has 26 heavy (non-hydrogen) atoms. The first-order chi connectivity index (χ1) is 12.1. The predicted octanol–water partition coefficient (Wildman–Crippen LogP) is 2.86. The zero-order chi connectivity index (χ0) is 19.5. The summed E-state index contributed by atoms with van der Waals surface area (Å²) in [5.74, 6) is -1.02. The third-order valence-electron chi connectivity index (χ3n) is 3.92. The summed E-state index contributed by atoms with van der Waals surface area (Å²) in [4.78, 5) is 38.7. The highest BCUT2D eigenvalue weighted by Gasteiger charge is 2.32. The van der Waals surface area contributed by atoms with E-state index in [0.717, 1.165) is 0 Å². The molecule has 1 aliphatic heterocycles. The molecular formula is C18H25N3O5. The molecule has 0 spiro atoms. The van der Waals surface area contributed by atoms with Gasteiger partial charge in [-0.3, -0.25) is 0 Å². The van der Waals surface area contributed by atoms with Crippen LogP contribution in [-0.4, -0.2) is 64.3 Å². The minimum absolute atomic E-state index is 0.155. The monoisotopic (exact) mass is 363 g/mol. The van der Waals surface area contributed by atoms with Crippen molar-refractivity contribution in [3.8, 4) is 0 Å². The Morgan fingerprint density at radius 1 is 1.15 bits per heavy atom. The minimum atomic E-state index is -1.02. The average molecular weight is 363 g/mol. The van der Waals surface area contributed by atoms with E-state index in [1.54, 1.807) is 21.9 Å². The van der Waals surface area contributed by atoms with Gasteiger partial charge in [-0.2, -0.15) is 0 Å². The first-order valence-corrected chi connectivity index (χ1v) is 8.46. The van der Waals surface area contributed by atoms with Crippen LogP contribution in [0.15, 0.2) is 24.3 Å². The lowest BCUT2D eigenvalue weighted by atomic mass is 10.2. The summed E-state index contributed by atoms with van der Waals surface area (Å²) in [5.41, 5.74) is 0.112. The zero-order valence-electron chi connectivity index (χ0n) is 15.5.